The van der Waals surface area contributed by atoms with Crippen LogP contribution in [0.4, 0.5) is 0 Å². The summed E-state index contributed by atoms with van der Waals surface area (Å²) in [6, 6.07) is 1.64. The number of carbonyl (C=O) groups is 1. The normalized spacial score (nSPS) is 9.91. The monoisotopic (exact) mass is 297 g/mol. The van der Waals surface area contributed by atoms with Crippen LogP contribution in [0.2, 0.25) is 0 Å². The molecule has 22 heavy (non-hydrogen) atoms. The zero-order chi connectivity index (χ0) is 16.4. The Morgan fingerprint density at radius 2 is 1.64 bits per heavy atom. The lowest BCUT2D eigenvalue weighted by molar-refractivity contribution is 0.0590. The summed E-state index contributed by atoms with van der Waals surface area (Å²) in [5.74, 6) is 5.40. The number of hydrogen-bond acceptors (Lipinski definition) is 4. The van der Waals surface area contributed by atoms with Crippen molar-refractivity contribution < 1.29 is 19.0 Å². The molecule has 5 nitrogen and oxygen atoms in total. The molecule has 0 unspecified atom stereocenters. The van der Waals surface area contributed by atoms with Crippen LogP contribution in [-0.4, -0.2) is 31.9 Å². The second-order valence-corrected chi connectivity index (χ2v) is 4.45. The second kappa shape index (κ2) is 5.75. The number of fused-ring (bicyclic) bond motifs is 1. The van der Waals surface area contributed by atoms with Crippen molar-refractivity contribution in [1.82, 2.24) is 4.57 Å². The van der Waals surface area contributed by atoms with E-state index in [4.69, 9.17) is 27.1 Å². The SMILES string of the molecule is C#Cc1c(OC)c(OC)c(C#C)c2c1cc(C(=O)OC)n2C. The van der Waals surface area contributed by atoms with Gasteiger partial charge < -0.3 is 18.8 Å². The molecule has 0 bridgehead atoms. The van der Waals surface area contributed by atoms with Gasteiger partial charge in [-0.15, -0.1) is 12.8 Å². The molecule has 2 rings (SSSR count). The van der Waals surface area contributed by atoms with Crippen LogP contribution in [0.1, 0.15) is 21.6 Å². The summed E-state index contributed by atoms with van der Waals surface area (Å²) in [6.45, 7) is 0. The average molecular weight is 297 g/mol. The smallest absolute Gasteiger partial charge is 0.354 e. The Morgan fingerprint density at radius 1 is 1.09 bits per heavy atom. The number of hydrogen-bond donors (Lipinski definition) is 0. The molecule has 2 aromatic rings. The first-order chi connectivity index (χ1) is 10.5. The van der Waals surface area contributed by atoms with E-state index in [1.165, 1.54) is 21.3 Å². The molecule has 1 heterocycles. The van der Waals surface area contributed by atoms with E-state index in [0.29, 0.717) is 39.2 Å². The highest BCUT2D eigenvalue weighted by atomic mass is 16.5. The van der Waals surface area contributed by atoms with Crippen LogP contribution in [0.25, 0.3) is 10.9 Å². The van der Waals surface area contributed by atoms with Gasteiger partial charge in [0.05, 0.1) is 38.0 Å². The minimum atomic E-state index is -0.484. The highest BCUT2D eigenvalue weighted by molar-refractivity contribution is 6.02. The maximum Gasteiger partial charge on any atom is 0.354 e. The van der Waals surface area contributed by atoms with Crippen molar-refractivity contribution in [2.24, 2.45) is 7.05 Å². The van der Waals surface area contributed by atoms with Gasteiger partial charge in [-0.2, -0.15) is 0 Å². The Morgan fingerprint density at radius 3 is 2.09 bits per heavy atom. The summed E-state index contributed by atoms with van der Waals surface area (Å²) >= 11 is 0. The topological polar surface area (TPSA) is 49.7 Å². The van der Waals surface area contributed by atoms with Crippen LogP contribution in [0.15, 0.2) is 6.07 Å². The molecule has 0 N–H and O–H groups in total. The fraction of sp³-hybridized carbons (Fsp3) is 0.235. The van der Waals surface area contributed by atoms with Crippen LogP contribution < -0.4 is 9.47 Å². The van der Waals surface area contributed by atoms with Gasteiger partial charge in [-0.3, -0.25) is 0 Å². The highest BCUT2D eigenvalue weighted by Gasteiger charge is 2.25. The number of methoxy groups -OCH3 is 3. The first-order valence-corrected chi connectivity index (χ1v) is 6.34. The van der Waals surface area contributed by atoms with Gasteiger partial charge in [0.25, 0.3) is 0 Å². The van der Waals surface area contributed by atoms with Gasteiger partial charge in [-0.25, -0.2) is 4.79 Å². The number of carbonyl (C=O) groups excluding carboxylic acids is 1. The second-order valence-electron chi connectivity index (χ2n) is 4.45. The first-order valence-electron chi connectivity index (χ1n) is 6.34. The Kier molecular flexibility index (Phi) is 4.01. The van der Waals surface area contributed by atoms with E-state index < -0.39 is 5.97 Å². The summed E-state index contributed by atoms with van der Waals surface area (Å²) in [6.07, 6.45) is 11.2. The molecular formula is C17H15NO4. The minimum Gasteiger partial charge on any atom is -0.492 e. The molecule has 0 aliphatic heterocycles. The summed E-state index contributed by atoms with van der Waals surface area (Å²) in [7, 11) is 5.98. The lowest BCUT2D eigenvalue weighted by atomic mass is 10.0. The molecule has 0 fully saturated rings. The predicted octanol–water partition coefficient (Wildman–Crippen LogP) is 1.94. The van der Waals surface area contributed by atoms with Crippen LogP contribution in [-0.2, 0) is 11.8 Å². The quantitative estimate of drug-likeness (QED) is 0.642. The van der Waals surface area contributed by atoms with Crippen molar-refractivity contribution in [3.63, 3.8) is 0 Å². The van der Waals surface area contributed by atoms with E-state index in [9.17, 15) is 4.79 Å². The zero-order valence-electron chi connectivity index (χ0n) is 12.8. The largest absolute Gasteiger partial charge is 0.492 e. The number of terminal acetylenes is 2. The third-order valence-corrected chi connectivity index (χ3v) is 3.49. The zero-order valence-corrected chi connectivity index (χ0v) is 12.8. The number of rotatable bonds is 3. The third-order valence-electron chi connectivity index (χ3n) is 3.49. The lowest BCUT2D eigenvalue weighted by Crippen LogP contribution is -2.07. The van der Waals surface area contributed by atoms with Crippen molar-refractivity contribution in [3.05, 3.63) is 22.9 Å². The highest BCUT2D eigenvalue weighted by Crippen LogP contribution is 2.42. The van der Waals surface area contributed by atoms with E-state index >= 15 is 0 Å². The molecular weight excluding hydrogens is 282 g/mol. The van der Waals surface area contributed by atoms with Gasteiger partial charge in [0.1, 0.15) is 5.69 Å². The maximum atomic E-state index is 11.9. The molecule has 5 heteroatoms. The van der Waals surface area contributed by atoms with E-state index in [0.717, 1.165) is 0 Å². The van der Waals surface area contributed by atoms with Gasteiger partial charge in [0, 0.05) is 12.4 Å². The molecule has 0 spiro atoms. The molecule has 1 aromatic carbocycles. The maximum absolute atomic E-state index is 11.9. The number of nitrogens with zero attached hydrogens (tertiary/aromatic N) is 1. The fourth-order valence-electron chi connectivity index (χ4n) is 2.52. The Bertz CT molecular complexity index is 847. The molecule has 0 saturated heterocycles. The average Bonchev–Trinajstić information content (AvgIpc) is 2.88. The van der Waals surface area contributed by atoms with Gasteiger partial charge >= 0.3 is 5.97 Å². The van der Waals surface area contributed by atoms with Gasteiger partial charge in [0.15, 0.2) is 11.5 Å². The predicted molar refractivity (Wildman–Crippen MR) is 83.2 cm³/mol. The molecule has 0 atom stereocenters. The van der Waals surface area contributed by atoms with Gasteiger partial charge in [0.2, 0.25) is 0 Å². The van der Waals surface area contributed by atoms with Crippen LogP contribution in [0.3, 0.4) is 0 Å². The summed E-state index contributed by atoms with van der Waals surface area (Å²) < 4.78 is 17.1. The molecule has 0 saturated carbocycles. The van der Waals surface area contributed by atoms with Crippen molar-refractivity contribution >= 4 is 16.9 Å². The molecule has 0 amide bonds. The number of benzene rings is 1. The summed E-state index contributed by atoms with van der Waals surface area (Å²) in [5, 5.41) is 0.635. The van der Waals surface area contributed by atoms with Crippen molar-refractivity contribution in [2.45, 2.75) is 0 Å². The number of aromatic nitrogens is 1. The lowest BCUT2D eigenvalue weighted by Gasteiger charge is -2.14. The van der Waals surface area contributed by atoms with Crippen LogP contribution in [0, 0.1) is 24.7 Å². The number of esters is 1. The minimum absolute atomic E-state index is 0.334. The van der Waals surface area contributed by atoms with E-state index in [-0.39, 0.29) is 0 Å². The van der Waals surface area contributed by atoms with Crippen LogP contribution >= 0.6 is 0 Å². The van der Waals surface area contributed by atoms with Crippen molar-refractivity contribution in [1.29, 1.82) is 0 Å². The molecule has 0 aliphatic carbocycles. The number of ether oxygens (including phenoxy) is 3. The van der Waals surface area contributed by atoms with Crippen molar-refractivity contribution in [2.75, 3.05) is 21.3 Å². The Balaban J connectivity index is 3.08. The first kappa shape index (κ1) is 15.3. The number of aryl methyl sites for hydroxylation is 1. The molecule has 0 radical (unpaired) electrons. The molecule has 0 aliphatic rings. The molecule has 1 aromatic heterocycles. The van der Waals surface area contributed by atoms with E-state index in [1.807, 2.05) is 0 Å². The van der Waals surface area contributed by atoms with E-state index in [1.54, 1.807) is 17.7 Å². The Hall–Kier alpha value is -3.05. The fourth-order valence-corrected chi connectivity index (χ4v) is 2.52. The Labute approximate surface area is 128 Å². The standard InChI is InChI=1S/C17H15NO4/c1-7-10-12-9-13(17(19)22-6)18(3)14(12)11(8-2)16(21-5)15(10)20-4/h1-2,9H,3-6H3. The van der Waals surface area contributed by atoms with Gasteiger partial charge in [-0.05, 0) is 6.07 Å². The van der Waals surface area contributed by atoms with E-state index in [2.05, 4.69) is 11.8 Å². The summed E-state index contributed by atoms with van der Waals surface area (Å²) in [4.78, 5) is 11.9. The molecule has 112 valence electrons. The third kappa shape index (κ3) is 1.96. The van der Waals surface area contributed by atoms with Gasteiger partial charge in [-0.1, -0.05) is 11.8 Å². The summed E-state index contributed by atoms with van der Waals surface area (Å²) in [5.41, 5.74) is 1.89. The van der Waals surface area contributed by atoms with Crippen molar-refractivity contribution in [3.8, 4) is 36.2 Å². The van der Waals surface area contributed by atoms with Crippen LogP contribution in [0.5, 0.6) is 11.5 Å².